The molecule has 0 aromatic heterocycles. The van der Waals surface area contributed by atoms with E-state index in [9.17, 15) is 13.6 Å². The van der Waals surface area contributed by atoms with Gasteiger partial charge in [-0.25, -0.2) is 8.78 Å². The van der Waals surface area contributed by atoms with E-state index >= 15 is 0 Å². The van der Waals surface area contributed by atoms with Crippen LogP contribution in [0.5, 0.6) is 11.5 Å². The molecule has 6 nitrogen and oxygen atoms in total. The quantitative estimate of drug-likeness (QED) is 0.706. The van der Waals surface area contributed by atoms with Crippen LogP contribution < -0.4 is 19.7 Å². The minimum atomic E-state index is -0.861. The monoisotopic (exact) mass is 419 g/mol. The third-order valence-electron chi connectivity index (χ3n) is 5.83. The zero-order chi connectivity index (χ0) is 21.1. The van der Waals surface area contributed by atoms with Crippen LogP contribution in [0.3, 0.4) is 0 Å². The Morgan fingerprint density at radius 2 is 1.87 bits per heavy atom. The van der Waals surface area contributed by atoms with Gasteiger partial charge in [-0.3, -0.25) is 4.79 Å². The lowest BCUT2D eigenvalue weighted by Crippen LogP contribution is -3.13. The van der Waals surface area contributed by atoms with Crippen molar-refractivity contribution < 1.29 is 33.3 Å². The van der Waals surface area contributed by atoms with Gasteiger partial charge in [0.15, 0.2) is 29.7 Å². The summed E-state index contributed by atoms with van der Waals surface area (Å²) >= 11 is 0. The van der Waals surface area contributed by atoms with Gasteiger partial charge < -0.3 is 24.6 Å². The molecule has 2 aliphatic heterocycles. The number of nitrogens with zero attached hydrogens (tertiary/aromatic N) is 1. The maximum Gasteiger partial charge on any atom is 0.278 e. The fourth-order valence-corrected chi connectivity index (χ4v) is 3.93. The molecule has 3 N–H and O–H groups in total. The number of carbonyl (C=O) groups is 1. The lowest BCUT2D eigenvalue weighted by atomic mass is 10.1. The number of nitrogens with one attached hydrogen (secondary N) is 1. The summed E-state index contributed by atoms with van der Waals surface area (Å²) in [6.45, 7) is 6.54. The van der Waals surface area contributed by atoms with Crippen LogP contribution in [0.25, 0.3) is 0 Å². The summed E-state index contributed by atoms with van der Waals surface area (Å²) in [7, 11) is 0. The minimum absolute atomic E-state index is 0.0755. The van der Waals surface area contributed by atoms with E-state index in [0.717, 1.165) is 37.2 Å². The van der Waals surface area contributed by atoms with Crippen LogP contribution in [-0.2, 0) is 11.3 Å². The van der Waals surface area contributed by atoms with Crippen LogP contribution in [0.15, 0.2) is 36.4 Å². The van der Waals surface area contributed by atoms with Crippen molar-refractivity contribution in [1.82, 2.24) is 4.90 Å². The number of nitrogens with two attached hydrogens (primary N) is 1. The number of ether oxygens (including phenoxy) is 2. The summed E-state index contributed by atoms with van der Waals surface area (Å²) in [5.74, 6) is -0.0558. The molecule has 2 aliphatic rings. The van der Waals surface area contributed by atoms with Crippen LogP contribution in [0.2, 0.25) is 0 Å². The molecule has 2 aromatic rings. The fourth-order valence-electron chi connectivity index (χ4n) is 3.93. The van der Waals surface area contributed by atoms with Gasteiger partial charge in [0.05, 0.1) is 26.2 Å². The molecule has 30 heavy (non-hydrogen) atoms. The average Bonchev–Trinajstić information content (AvgIpc) is 3.22. The second-order valence-corrected chi connectivity index (χ2v) is 7.90. The van der Waals surface area contributed by atoms with E-state index in [2.05, 4.69) is 6.07 Å². The highest BCUT2D eigenvalue weighted by Crippen LogP contribution is 2.32. The smallest absolute Gasteiger partial charge is 0.278 e. The van der Waals surface area contributed by atoms with Crippen LogP contribution in [0.4, 0.5) is 8.78 Å². The Hall–Kier alpha value is -2.71. The van der Waals surface area contributed by atoms with Crippen molar-refractivity contribution in [3.63, 3.8) is 0 Å². The zero-order valence-electron chi connectivity index (χ0n) is 17.0. The van der Waals surface area contributed by atoms with Crippen molar-refractivity contribution in [1.29, 1.82) is 0 Å². The van der Waals surface area contributed by atoms with Crippen molar-refractivity contribution in [3.05, 3.63) is 59.2 Å². The predicted molar refractivity (Wildman–Crippen MR) is 105 cm³/mol. The van der Waals surface area contributed by atoms with Gasteiger partial charge in [-0.05, 0) is 43.3 Å². The van der Waals surface area contributed by atoms with Crippen molar-refractivity contribution in [2.24, 2.45) is 0 Å². The van der Waals surface area contributed by atoms with Gasteiger partial charge in [-0.1, -0.05) is 0 Å². The Labute approximate surface area is 174 Å². The number of fused-ring (bicyclic) bond motifs is 1. The fraction of sp³-hybridized carbons (Fsp3) is 0.409. The lowest BCUT2D eigenvalue weighted by Gasteiger charge is -2.32. The molecule has 2 aromatic carbocycles. The van der Waals surface area contributed by atoms with Crippen LogP contribution in [0.1, 0.15) is 24.1 Å². The van der Waals surface area contributed by atoms with E-state index in [4.69, 9.17) is 9.47 Å². The zero-order valence-corrected chi connectivity index (χ0v) is 17.0. The van der Waals surface area contributed by atoms with E-state index in [1.54, 1.807) is 6.07 Å². The maximum atomic E-state index is 13.4. The molecule has 1 atom stereocenters. The molecule has 8 heteroatoms. The number of carbonyl (C=O) groups excluding carboxylic acids is 1. The van der Waals surface area contributed by atoms with E-state index in [-0.39, 0.29) is 25.3 Å². The highest BCUT2D eigenvalue weighted by atomic mass is 19.2. The molecule has 1 amide bonds. The van der Waals surface area contributed by atoms with Crippen molar-refractivity contribution in [2.75, 3.05) is 39.5 Å². The Morgan fingerprint density at radius 3 is 2.63 bits per heavy atom. The predicted octanol–water partition coefficient (Wildman–Crippen LogP) is 0.245. The Kier molecular flexibility index (Phi) is 6.15. The molecule has 0 spiro atoms. The molecule has 0 unspecified atom stereocenters. The van der Waals surface area contributed by atoms with E-state index in [1.807, 2.05) is 29.3 Å². The van der Waals surface area contributed by atoms with Gasteiger partial charge in [-0.2, -0.15) is 0 Å². The Bertz CT molecular complexity index is 916. The number of piperazine rings is 1. The van der Waals surface area contributed by atoms with Gasteiger partial charge in [0, 0.05) is 11.1 Å². The molecule has 4 rings (SSSR count). The van der Waals surface area contributed by atoms with Gasteiger partial charge in [0.25, 0.3) is 5.91 Å². The van der Waals surface area contributed by atoms with E-state index in [1.165, 1.54) is 16.5 Å². The number of hydrogen-bond acceptors (Lipinski definition) is 3. The molecular weight excluding hydrogens is 392 g/mol. The second-order valence-electron chi connectivity index (χ2n) is 7.90. The number of rotatable bonds is 6. The van der Waals surface area contributed by atoms with Crippen molar-refractivity contribution in [3.8, 4) is 11.5 Å². The third kappa shape index (κ3) is 4.71. The van der Waals surface area contributed by atoms with Gasteiger partial charge >= 0.3 is 0 Å². The van der Waals surface area contributed by atoms with Crippen molar-refractivity contribution in [2.45, 2.75) is 19.5 Å². The maximum absolute atomic E-state index is 13.4. The first-order valence-corrected chi connectivity index (χ1v) is 10.3. The summed E-state index contributed by atoms with van der Waals surface area (Å²) in [5, 5.41) is 1.86. The number of halogens is 2. The van der Waals surface area contributed by atoms with Crippen LogP contribution >= 0.6 is 0 Å². The third-order valence-corrected chi connectivity index (χ3v) is 5.83. The first-order valence-electron chi connectivity index (χ1n) is 10.3. The average molecular weight is 419 g/mol. The largest absolute Gasteiger partial charge is 0.454 e. The van der Waals surface area contributed by atoms with E-state index in [0.29, 0.717) is 18.7 Å². The minimum Gasteiger partial charge on any atom is -0.454 e. The molecular formula is C22H27F2N3O3+2. The van der Waals surface area contributed by atoms with E-state index < -0.39 is 11.6 Å². The second kappa shape index (κ2) is 8.97. The number of quaternary nitrogens is 2. The topological polar surface area (TPSA) is 59.8 Å². The highest BCUT2D eigenvalue weighted by Gasteiger charge is 2.26. The van der Waals surface area contributed by atoms with Crippen molar-refractivity contribution >= 4 is 5.91 Å². The summed E-state index contributed by atoms with van der Waals surface area (Å²) in [4.78, 5) is 15.9. The number of amides is 1. The SMILES string of the molecule is C[C@H]([NH2+]CC(=O)N1CC[NH+](Cc2ccc3c(c2)OCO3)CC1)c1ccc(F)c(F)c1. The summed E-state index contributed by atoms with van der Waals surface area (Å²) in [6, 6.07) is 9.79. The number of hydrogen-bond donors (Lipinski definition) is 2. The Morgan fingerprint density at radius 1 is 1.10 bits per heavy atom. The number of benzene rings is 2. The first kappa shape index (κ1) is 20.6. The normalized spacial score (nSPS) is 17.2. The molecule has 0 radical (unpaired) electrons. The standard InChI is InChI=1S/C22H25F2N3O3/c1-15(17-3-4-18(23)19(24)11-17)25-12-22(28)27-8-6-26(7-9-27)13-16-2-5-20-21(10-16)30-14-29-20/h2-5,10-11,15,25H,6-9,12-14H2,1H3/p+2/t15-/m0/s1. The van der Waals surface area contributed by atoms with Gasteiger partial charge in [-0.15, -0.1) is 0 Å². The van der Waals surface area contributed by atoms with Crippen LogP contribution in [-0.4, -0.2) is 50.3 Å². The molecule has 1 fully saturated rings. The molecule has 0 saturated carbocycles. The molecule has 2 heterocycles. The molecule has 0 bridgehead atoms. The summed E-state index contributed by atoms with van der Waals surface area (Å²) in [5.41, 5.74) is 1.86. The van der Waals surface area contributed by atoms with Gasteiger partial charge in [0.2, 0.25) is 6.79 Å². The lowest BCUT2D eigenvalue weighted by molar-refractivity contribution is -0.917. The first-order chi connectivity index (χ1) is 14.5. The highest BCUT2D eigenvalue weighted by molar-refractivity contribution is 5.77. The summed E-state index contributed by atoms with van der Waals surface area (Å²) in [6.07, 6.45) is 0. The molecule has 160 valence electrons. The van der Waals surface area contributed by atoms with Gasteiger partial charge in [0.1, 0.15) is 12.6 Å². The molecule has 1 saturated heterocycles. The Balaban J connectivity index is 1.22. The van der Waals surface area contributed by atoms with Crippen LogP contribution in [0, 0.1) is 11.6 Å². The summed E-state index contributed by atoms with van der Waals surface area (Å²) < 4.78 is 37.3. The molecule has 0 aliphatic carbocycles.